The summed E-state index contributed by atoms with van der Waals surface area (Å²) in [7, 11) is 0. The summed E-state index contributed by atoms with van der Waals surface area (Å²) in [5.41, 5.74) is 1.62. The number of carbonyl (C=O) groups excluding carboxylic acids is 1. The number of benzene rings is 1. The molecule has 1 rings (SSSR count). The number of hydrogen-bond acceptors (Lipinski definition) is 2. The van der Waals surface area contributed by atoms with E-state index in [1.807, 2.05) is 19.1 Å². The van der Waals surface area contributed by atoms with E-state index >= 15 is 0 Å². The number of rotatable bonds is 7. The molecule has 2 N–H and O–H groups in total. The van der Waals surface area contributed by atoms with Gasteiger partial charge < -0.3 is 10.4 Å². The van der Waals surface area contributed by atoms with E-state index in [4.69, 9.17) is 5.11 Å². The molecule has 0 bridgehead atoms. The van der Waals surface area contributed by atoms with Crippen molar-refractivity contribution >= 4 is 11.9 Å². The molecule has 1 amide bonds. The summed E-state index contributed by atoms with van der Waals surface area (Å²) in [4.78, 5) is 22.2. The van der Waals surface area contributed by atoms with Gasteiger partial charge in [0, 0.05) is 13.0 Å². The second kappa shape index (κ2) is 7.48. The number of nitrogens with one attached hydrogen (secondary N) is 1. The summed E-state index contributed by atoms with van der Waals surface area (Å²) in [5.74, 6) is -0.846. The van der Waals surface area contributed by atoms with Crippen molar-refractivity contribution < 1.29 is 14.7 Å². The summed E-state index contributed by atoms with van der Waals surface area (Å²) in [6.07, 6.45) is 2.38. The fourth-order valence-electron chi connectivity index (χ4n) is 1.68. The van der Waals surface area contributed by atoms with Crippen LogP contribution in [0.2, 0.25) is 0 Å². The first-order valence-electron chi connectivity index (χ1n) is 6.18. The van der Waals surface area contributed by atoms with Crippen LogP contribution in [0, 0.1) is 0 Å². The van der Waals surface area contributed by atoms with Crippen molar-refractivity contribution in [3.63, 3.8) is 0 Å². The Hall–Kier alpha value is -1.84. The quantitative estimate of drug-likeness (QED) is 0.777. The van der Waals surface area contributed by atoms with E-state index in [1.54, 1.807) is 12.1 Å². The van der Waals surface area contributed by atoms with Gasteiger partial charge in [0.15, 0.2) is 0 Å². The zero-order valence-corrected chi connectivity index (χ0v) is 10.6. The maximum absolute atomic E-state index is 11.5. The molecule has 0 aliphatic carbocycles. The topological polar surface area (TPSA) is 66.4 Å². The maximum Gasteiger partial charge on any atom is 0.307 e. The van der Waals surface area contributed by atoms with Crippen molar-refractivity contribution in [1.29, 1.82) is 0 Å². The number of amides is 1. The molecule has 0 spiro atoms. The lowest BCUT2D eigenvalue weighted by Gasteiger charge is -2.09. The molecule has 0 aromatic heterocycles. The second-order valence-corrected chi connectivity index (χ2v) is 4.22. The lowest BCUT2D eigenvalue weighted by molar-refractivity contribution is -0.136. The van der Waals surface area contributed by atoms with Crippen LogP contribution < -0.4 is 5.32 Å². The fourth-order valence-corrected chi connectivity index (χ4v) is 1.68. The van der Waals surface area contributed by atoms with Gasteiger partial charge in [0.25, 0.3) is 0 Å². The van der Waals surface area contributed by atoms with Gasteiger partial charge >= 0.3 is 5.97 Å². The SMILES string of the molecule is CCCCC(=O)NCc1ccccc1CC(=O)O. The van der Waals surface area contributed by atoms with Crippen LogP contribution in [-0.4, -0.2) is 17.0 Å². The number of carboxylic acids is 1. The molecule has 0 aliphatic heterocycles. The molecule has 1 aromatic carbocycles. The first-order valence-corrected chi connectivity index (χ1v) is 6.18. The van der Waals surface area contributed by atoms with E-state index in [0.717, 1.165) is 24.0 Å². The molecule has 0 unspecified atom stereocenters. The molecule has 0 heterocycles. The van der Waals surface area contributed by atoms with Crippen LogP contribution in [0.5, 0.6) is 0 Å². The molecule has 0 atom stereocenters. The Morgan fingerprint density at radius 1 is 1.22 bits per heavy atom. The summed E-state index contributed by atoms with van der Waals surface area (Å²) in [6.45, 7) is 2.43. The summed E-state index contributed by atoms with van der Waals surface area (Å²) in [5, 5.41) is 11.6. The zero-order valence-electron chi connectivity index (χ0n) is 10.6. The predicted octanol–water partition coefficient (Wildman–Crippen LogP) is 2.12. The number of carboxylic acid groups (broad SMARTS) is 1. The van der Waals surface area contributed by atoms with E-state index in [-0.39, 0.29) is 12.3 Å². The number of aliphatic carboxylic acids is 1. The third kappa shape index (κ3) is 4.99. The van der Waals surface area contributed by atoms with Crippen LogP contribution in [0.3, 0.4) is 0 Å². The van der Waals surface area contributed by atoms with Crippen LogP contribution in [-0.2, 0) is 22.6 Å². The highest BCUT2D eigenvalue weighted by Crippen LogP contribution is 2.09. The van der Waals surface area contributed by atoms with Crippen molar-refractivity contribution in [3.05, 3.63) is 35.4 Å². The number of carbonyl (C=O) groups is 2. The van der Waals surface area contributed by atoms with E-state index in [1.165, 1.54) is 0 Å². The van der Waals surface area contributed by atoms with Crippen molar-refractivity contribution in [1.82, 2.24) is 5.32 Å². The number of unbranched alkanes of at least 4 members (excludes halogenated alkanes) is 1. The third-order valence-corrected chi connectivity index (χ3v) is 2.69. The summed E-state index contributed by atoms with van der Waals surface area (Å²) < 4.78 is 0. The monoisotopic (exact) mass is 249 g/mol. The molecule has 98 valence electrons. The minimum atomic E-state index is -0.861. The lowest BCUT2D eigenvalue weighted by Crippen LogP contribution is -2.23. The van der Waals surface area contributed by atoms with Crippen LogP contribution in [0.15, 0.2) is 24.3 Å². The molecule has 4 heteroatoms. The average molecular weight is 249 g/mol. The fraction of sp³-hybridized carbons (Fsp3) is 0.429. The Labute approximate surface area is 107 Å². The molecular weight excluding hydrogens is 230 g/mol. The van der Waals surface area contributed by atoms with Crippen LogP contribution in [0.4, 0.5) is 0 Å². The summed E-state index contributed by atoms with van der Waals surface area (Å²) >= 11 is 0. The lowest BCUT2D eigenvalue weighted by atomic mass is 10.0. The molecule has 0 saturated carbocycles. The molecular formula is C14H19NO3. The van der Waals surface area contributed by atoms with E-state index in [2.05, 4.69) is 5.32 Å². The van der Waals surface area contributed by atoms with Gasteiger partial charge in [-0.05, 0) is 17.5 Å². The van der Waals surface area contributed by atoms with Crippen LogP contribution in [0.1, 0.15) is 37.3 Å². The maximum atomic E-state index is 11.5. The first-order chi connectivity index (χ1) is 8.63. The van der Waals surface area contributed by atoms with Gasteiger partial charge in [-0.15, -0.1) is 0 Å². The Morgan fingerprint density at radius 3 is 2.50 bits per heavy atom. The standard InChI is InChI=1S/C14H19NO3/c1-2-3-8-13(16)15-10-12-7-5-4-6-11(12)9-14(17)18/h4-7H,2-3,8-10H2,1H3,(H,15,16)(H,17,18). The Balaban J connectivity index is 2.55. The van der Waals surface area contributed by atoms with Crippen LogP contribution >= 0.6 is 0 Å². The number of hydrogen-bond donors (Lipinski definition) is 2. The van der Waals surface area contributed by atoms with Gasteiger partial charge in [-0.3, -0.25) is 9.59 Å². The minimum absolute atomic E-state index is 0.0129. The van der Waals surface area contributed by atoms with Gasteiger partial charge in [-0.25, -0.2) is 0 Å². The normalized spacial score (nSPS) is 10.1. The molecule has 0 aliphatic rings. The van der Waals surface area contributed by atoms with E-state index in [9.17, 15) is 9.59 Å². The highest BCUT2D eigenvalue weighted by atomic mass is 16.4. The zero-order chi connectivity index (χ0) is 13.4. The molecule has 0 radical (unpaired) electrons. The van der Waals surface area contributed by atoms with E-state index < -0.39 is 5.97 Å². The van der Waals surface area contributed by atoms with Crippen molar-refractivity contribution in [2.75, 3.05) is 0 Å². The van der Waals surface area contributed by atoms with Crippen LogP contribution in [0.25, 0.3) is 0 Å². The molecule has 4 nitrogen and oxygen atoms in total. The smallest absolute Gasteiger partial charge is 0.307 e. The van der Waals surface area contributed by atoms with Crippen molar-refractivity contribution in [2.45, 2.75) is 39.2 Å². The van der Waals surface area contributed by atoms with Crippen molar-refractivity contribution in [2.24, 2.45) is 0 Å². The van der Waals surface area contributed by atoms with Gasteiger partial charge in [0.2, 0.25) is 5.91 Å². The van der Waals surface area contributed by atoms with E-state index in [0.29, 0.717) is 13.0 Å². The van der Waals surface area contributed by atoms with Crippen molar-refractivity contribution in [3.8, 4) is 0 Å². The Kier molecular flexibility index (Phi) is 5.91. The second-order valence-electron chi connectivity index (χ2n) is 4.22. The minimum Gasteiger partial charge on any atom is -0.481 e. The van der Waals surface area contributed by atoms with Gasteiger partial charge in [-0.1, -0.05) is 37.6 Å². The predicted molar refractivity (Wildman–Crippen MR) is 69.2 cm³/mol. The first kappa shape index (κ1) is 14.2. The highest BCUT2D eigenvalue weighted by molar-refractivity contribution is 5.76. The third-order valence-electron chi connectivity index (χ3n) is 2.69. The summed E-state index contributed by atoms with van der Waals surface area (Å²) in [6, 6.07) is 7.28. The molecule has 0 fully saturated rings. The van der Waals surface area contributed by atoms with Gasteiger partial charge in [0.1, 0.15) is 0 Å². The molecule has 1 aromatic rings. The Morgan fingerprint density at radius 2 is 1.89 bits per heavy atom. The average Bonchev–Trinajstić information content (AvgIpc) is 2.34. The largest absolute Gasteiger partial charge is 0.481 e. The Bertz CT molecular complexity index is 415. The van der Waals surface area contributed by atoms with Gasteiger partial charge in [0.05, 0.1) is 6.42 Å². The van der Waals surface area contributed by atoms with Gasteiger partial charge in [-0.2, -0.15) is 0 Å². The molecule has 18 heavy (non-hydrogen) atoms. The molecule has 0 saturated heterocycles. The highest BCUT2D eigenvalue weighted by Gasteiger charge is 2.07.